The molecule has 0 atom stereocenters. The van der Waals surface area contributed by atoms with Crippen LogP contribution in [0, 0.1) is 12.7 Å². The summed E-state index contributed by atoms with van der Waals surface area (Å²) in [5.74, 6) is -0.428. The van der Waals surface area contributed by atoms with Gasteiger partial charge in [-0.15, -0.1) is 11.3 Å². The second kappa shape index (κ2) is 8.31. The van der Waals surface area contributed by atoms with E-state index in [9.17, 15) is 14.0 Å². The molecule has 1 fully saturated rings. The van der Waals surface area contributed by atoms with Crippen molar-refractivity contribution in [1.29, 1.82) is 0 Å². The second-order valence-electron chi connectivity index (χ2n) is 7.20. The summed E-state index contributed by atoms with van der Waals surface area (Å²) in [5, 5.41) is 0. The third-order valence-electron chi connectivity index (χ3n) is 5.13. The van der Waals surface area contributed by atoms with Gasteiger partial charge in [0.1, 0.15) is 11.4 Å². The highest BCUT2D eigenvalue weighted by molar-refractivity contribution is 7.15. The first kappa shape index (κ1) is 19.5. The molecule has 2 aromatic heterocycles. The van der Waals surface area contributed by atoms with Crippen LogP contribution in [-0.2, 0) is 6.54 Å². The standard InChI is InChI=1S/C22H22FN3O2S/c1-15-6-8-18(21(27)24-15)22(28)26-12-10-25(11-13-26)14-16-7-9-20(29-16)17-4-2-3-5-19(17)23/h2-9H,10-14H2,1H3,(H,24,27). The second-order valence-corrected chi connectivity index (χ2v) is 8.37. The van der Waals surface area contributed by atoms with E-state index in [1.165, 1.54) is 6.07 Å². The molecular weight excluding hydrogens is 389 g/mol. The van der Waals surface area contributed by atoms with Crippen molar-refractivity contribution >= 4 is 17.2 Å². The number of carbonyl (C=O) groups is 1. The maximum Gasteiger partial charge on any atom is 0.260 e. The Morgan fingerprint density at radius 3 is 2.55 bits per heavy atom. The minimum absolute atomic E-state index is 0.192. The molecule has 1 N–H and O–H groups in total. The predicted molar refractivity (Wildman–Crippen MR) is 113 cm³/mol. The van der Waals surface area contributed by atoms with Gasteiger partial charge in [-0.25, -0.2) is 4.39 Å². The van der Waals surface area contributed by atoms with E-state index in [4.69, 9.17) is 0 Å². The van der Waals surface area contributed by atoms with Crippen LogP contribution in [0.1, 0.15) is 20.9 Å². The number of rotatable bonds is 4. The summed E-state index contributed by atoms with van der Waals surface area (Å²) in [6.45, 7) is 5.20. The Morgan fingerprint density at radius 2 is 1.83 bits per heavy atom. The number of pyridine rings is 1. The van der Waals surface area contributed by atoms with Crippen LogP contribution in [0.25, 0.3) is 10.4 Å². The summed E-state index contributed by atoms with van der Waals surface area (Å²) in [4.78, 5) is 33.5. The van der Waals surface area contributed by atoms with Crippen molar-refractivity contribution in [2.75, 3.05) is 26.2 Å². The Labute approximate surface area is 172 Å². The molecule has 1 saturated heterocycles. The Balaban J connectivity index is 1.36. The number of aryl methyl sites for hydroxylation is 1. The fourth-order valence-corrected chi connectivity index (χ4v) is 4.59. The van der Waals surface area contributed by atoms with E-state index in [0.717, 1.165) is 35.1 Å². The molecule has 0 bridgehead atoms. The van der Waals surface area contributed by atoms with E-state index >= 15 is 0 Å². The average Bonchev–Trinajstić information content (AvgIpc) is 3.17. The Bertz CT molecular complexity index is 1080. The van der Waals surface area contributed by atoms with E-state index in [1.807, 2.05) is 18.2 Å². The molecule has 3 heterocycles. The summed E-state index contributed by atoms with van der Waals surface area (Å²) in [6, 6.07) is 14.1. The summed E-state index contributed by atoms with van der Waals surface area (Å²) >= 11 is 1.59. The van der Waals surface area contributed by atoms with Gasteiger partial charge in [-0.05, 0) is 37.3 Å². The zero-order valence-electron chi connectivity index (χ0n) is 16.2. The first-order chi connectivity index (χ1) is 14.0. The minimum Gasteiger partial charge on any atom is -0.336 e. The molecule has 0 aliphatic carbocycles. The summed E-state index contributed by atoms with van der Waals surface area (Å²) < 4.78 is 14.0. The maximum absolute atomic E-state index is 14.0. The van der Waals surface area contributed by atoms with Crippen molar-refractivity contribution in [3.8, 4) is 10.4 Å². The summed E-state index contributed by atoms with van der Waals surface area (Å²) in [7, 11) is 0. The van der Waals surface area contributed by atoms with Crippen LogP contribution in [0.2, 0.25) is 0 Å². The van der Waals surface area contributed by atoms with Crippen molar-refractivity contribution in [3.05, 3.63) is 80.8 Å². The molecule has 1 aromatic carbocycles. The number of hydrogen-bond acceptors (Lipinski definition) is 4. The van der Waals surface area contributed by atoms with E-state index in [1.54, 1.807) is 47.4 Å². The number of piperazine rings is 1. The van der Waals surface area contributed by atoms with Crippen molar-refractivity contribution < 1.29 is 9.18 Å². The van der Waals surface area contributed by atoms with Crippen LogP contribution in [0.5, 0.6) is 0 Å². The lowest BCUT2D eigenvalue weighted by atomic mass is 10.2. The number of thiophene rings is 1. The molecule has 7 heteroatoms. The lowest BCUT2D eigenvalue weighted by molar-refractivity contribution is 0.0628. The van der Waals surface area contributed by atoms with Gasteiger partial charge in [0.05, 0.1) is 0 Å². The van der Waals surface area contributed by atoms with Gasteiger partial charge >= 0.3 is 0 Å². The molecule has 5 nitrogen and oxygen atoms in total. The molecule has 1 aliphatic heterocycles. The quantitative estimate of drug-likeness (QED) is 0.715. The molecule has 0 radical (unpaired) electrons. The maximum atomic E-state index is 14.0. The molecule has 3 aromatic rings. The summed E-state index contributed by atoms with van der Waals surface area (Å²) in [5.41, 5.74) is 1.22. The third-order valence-corrected chi connectivity index (χ3v) is 6.23. The molecule has 0 saturated carbocycles. The van der Waals surface area contributed by atoms with E-state index in [-0.39, 0.29) is 22.8 Å². The lowest BCUT2D eigenvalue weighted by Crippen LogP contribution is -2.49. The zero-order valence-corrected chi connectivity index (χ0v) is 17.0. The van der Waals surface area contributed by atoms with Crippen molar-refractivity contribution in [2.24, 2.45) is 0 Å². The Morgan fingerprint density at radius 1 is 1.07 bits per heavy atom. The van der Waals surface area contributed by atoms with Gasteiger partial charge in [0.2, 0.25) is 0 Å². The number of halogens is 1. The van der Waals surface area contributed by atoms with Gasteiger partial charge in [-0.2, -0.15) is 0 Å². The molecule has 150 valence electrons. The fourth-order valence-electron chi connectivity index (χ4n) is 3.51. The highest BCUT2D eigenvalue weighted by Crippen LogP contribution is 2.30. The molecule has 1 aliphatic rings. The highest BCUT2D eigenvalue weighted by atomic mass is 32.1. The number of nitrogens with one attached hydrogen (secondary N) is 1. The number of aromatic amines is 1. The van der Waals surface area contributed by atoms with Gasteiger partial charge in [0, 0.05) is 53.7 Å². The molecule has 0 unspecified atom stereocenters. The number of H-pyrrole nitrogens is 1. The normalized spacial score (nSPS) is 14.9. The smallest absolute Gasteiger partial charge is 0.260 e. The van der Waals surface area contributed by atoms with E-state index in [2.05, 4.69) is 9.88 Å². The van der Waals surface area contributed by atoms with Crippen LogP contribution < -0.4 is 5.56 Å². The van der Waals surface area contributed by atoms with Gasteiger partial charge in [0.15, 0.2) is 0 Å². The first-order valence-corrected chi connectivity index (χ1v) is 10.4. The number of benzene rings is 1. The van der Waals surface area contributed by atoms with E-state index in [0.29, 0.717) is 18.7 Å². The van der Waals surface area contributed by atoms with Gasteiger partial charge in [-0.1, -0.05) is 18.2 Å². The monoisotopic (exact) mass is 411 g/mol. The number of aromatic nitrogens is 1. The molecule has 0 spiro atoms. The first-order valence-electron chi connectivity index (χ1n) is 9.56. The van der Waals surface area contributed by atoms with Crippen molar-refractivity contribution in [1.82, 2.24) is 14.8 Å². The van der Waals surface area contributed by atoms with Crippen LogP contribution in [-0.4, -0.2) is 46.9 Å². The summed E-state index contributed by atoms with van der Waals surface area (Å²) in [6.07, 6.45) is 0. The zero-order chi connectivity index (χ0) is 20.4. The molecule has 4 rings (SSSR count). The topological polar surface area (TPSA) is 56.4 Å². The van der Waals surface area contributed by atoms with E-state index < -0.39 is 0 Å². The van der Waals surface area contributed by atoms with Crippen LogP contribution in [0.4, 0.5) is 4.39 Å². The molecule has 29 heavy (non-hydrogen) atoms. The van der Waals surface area contributed by atoms with Gasteiger partial charge in [-0.3, -0.25) is 14.5 Å². The minimum atomic E-state index is -0.336. The van der Waals surface area contributed by atoms with Gasteiger partial charge in [0.25, 0.3) is 11.5 Å². The Hall–Kier alpha value is -2.77. The van der Waals surface area contributed by atoms with Crippen molar-refractivity contribution in [3.63, 3.8) is 0 Å². The van der Waals surface area contributed by atoms with Crippen molar-refractivity contribution in [2.45, 2.75) is 13.5 Å². The largest absolute Gasteiger partial charge is 0.336 e. The Kier molecular flexibility index (Phi) is 5.60. The predicted octanol–water partition coefficient (Wildman–Crippen LogP) is 3.51. The number of hydrogen-bond donors (Lipinski definition) is 1. The number of nitrogens with zero attached hydrogens (tertiary/aromatic N) is 2. The highest BCUT2D eigenvalue weighted by Gasteiger charge is 2.24. The number of amides is 1. The van der Waals surface area contributed by atoms with Gasteiger partial charge < -0.3 is 9.88 Å². The van der Waals surface area contributed by atoms with Crippen LogP contribution >= 0.6 is 11.3 Å². The van der Waals surface area contributed by atoms with Crippen LogP contribution in [0.15, 0.2) is 53.3 Å². The molecule has 1 amide bonds. The molecular formula is C22H22FN3O2S. The average molecular weight is 412 g/mol. The number of carbonyl (C=O) groups excluding carboxylic acids is 1. The third kappa shape index (κ3) is 4.31. The van der Waals surface area contributed by atoms with Crippen LogP contribution in [0.3, 0.4) is 0 Å². The lowest BCUT2D eigenvalue weighted by Gasteiger charge is -2.34. The SMILES string of the molecule is Cc1ccc(C(=O)N2CCN(Cc3ccc(-c4ccccc4F)s3)CC2)c(=O)[nH]1. The fraction of sp³-hybridized carbons (Fsp3) is 0.273.